The summed E-state index contributed by atoms with van der Waals surface area (Å²) in [4.78, 5) is 0. The maximum Gasteiger partial charge on any atom is 0.153 e. The van der Waals surface area contributed by atoms with Crippen LogP contribution >= 0.6 is 11.6 Å². The normalized spacial score (nSPS) is 10.5. The van der Waals surface area contributed by atoms with Crippen molar-refractivity contribution in [2.45, 2.75) is 0 Å². The van der Waals surface area contributed by atoms with Crippen LogP contribution in [0.3, 0.4) is 0 Å². The van der Waals surface area contributed by atoms with E-state index in [4.69, 9.17) is 21.3 Å². The molecule has 0 atom stereocenters. The van der Waals surface area contributed by atoms with E-state index in [0.717, 1.165) is 10.9 Å². The lowest BCUT2D eigenvalue weighted by Gasteiger charge is -1.99. The Balaban J connectivity index is 2.20. The standard InChI is InChI=1S/C15H8ClNO2/c16-12-3-1-2-10-7-14(19-15(10)12)9-4-5-13(18)11(6-9)8-17/h1-7,18H. The van der Waals surface area contributed by atoms with Crippen molar-refractivity contribution >= 4 is 22.6 Å². The van der Waals surface area contributed by atoms with Crippen molar-refractivity contribution in [3.63, 3.8) is 0 Å². The maximum atomic E-state index is 9.49. The number of hydrogen-bond donors (Lipinski definition) is 1. The highest BCUT2D eigenvalue weighted by Gasteiger charge is 2.10. The van der Waals surface area contributed by atoms with E-state index in [2.05, 4.69) is 0 Å². The minimum Gasteiger partial charge on any atom is -0.507 e. The number of fused-ring (bicyclic) bond motifs is 1. The summed E-state index contributed by atoms with van der Waals surface area (Å²) >= 11 is 6.06. The fourth-order valence-corrected chi connectivity index (χ4v) is 2.17. The number of nitriles is 1. The highest BCUT2D eigenvalue weighted by Crippen LogP contribution is 2.33. The summed E-state index contributed by atoms with van der Waals surface area (Å²) in [5.74, 6) is 0.569. The van der Waals surface area contributed by atoms with Gasteiger partial charge >= 0.3 is 0 Å². The summed E-state index contributed by atoms with van der Waals surface area (Å²) < 4.78 is 5.70. The second-order valence-corrected chi connectivity index (χ2v) is 4.52. The molecule has 0 saturated heterocycles. The van der Waals surface area contributed by atoms with Gasteiger partial charge in [0.05, 0.1) is 10.6 Å². The minimum atomic E-state index is -0.0413. The number of rotatable bonds is 1. The monoisotopic (exact) mass is 269 g/mol. The molecule has 3 aromatic rings. The predicted molar refractivity (Wildman–Crippen MR) is 73.0 cm³/mol. The Morgan fingerprint density at radius 3 is 2.74 bits per heavy atom. The van der Waals surface area contributed by atoms with E-state index in [1.807, 2.05) is 24.3 Å². The fraction of sp³-hybridized carbons (Fsp3) is 0. The number of phenols is 1. The molecule has 0 spiro atoms. The topological polar surface area (TPSA) is 57.2 Å². The molecule has 0 unspecified atom stereocenters. The second kappa shape index (κ2) is 4.34. The largest absolute Gasteiger partial charge is 0.507 e. The zero-order valence-electron chi connectivity index (χ0n) is 9.72. The molecule has 0 aliphatic heterocycles. The Kier molecular flexibility index (Phi) is 2.66. The lowest BCUT2D eigenvalue weighted by molar-refractivity contribution is 0.473. The molecule has 0 amide bonds. The molecule has 0 fully saturated rings. The first-order valence-corrected chi connectivity index (χ1v) is 5.98. The zero-order chi connectivity index (χ0) is 13.4. The Labute approximate surface area is 114 Å². The summed E-state index contributed by atoms with van der Waals surface area (Å²) in [6.45, 7) is 0. The molecule has 0 bridgehead atoms. The van der Waals surface area contributed by atoms with E-state index in [1.165, 1.54) is 6.07 Å². The summed E-state index contributed by atoms with van der Waals surface area (Å²) in [5, 5.41) is 19.8. The van der Waals surface area contributed by atoms with E-state index < -0.39 is 0 Å². The van der Waals surface area contributed by atoms with Gasteiger partial charge in [-0.15, -0.1) is 0 Å². The quantitative estimate of drug-likeness (QED) is 0.715. The molecule has 2 aromatic carbocycles. The molecule has 1 heterocycles. The predicted octanol–water partition coefficient (Wildman–Crippen LogP) is 4.33. The molecule has 19 heavy (non-hydrogen) atoms. The Bertz CT molecular complexity index is 815. The van der Waals surface area contributed by atoms with Gasteiger partial charge in [-0.25, -0.2) is 0 Å². The molecular weight excluding hydrogens is 262 g/mol. The van der Waals surface area contributed by atoms with Crippen molar-refractivity contribution in [3.8, 4) is 23.1 Å². The van der Waals surface area contributed by atoms with Gasteiger partial charge < -0.3 is 9.52 Å². The van der Waals surface area contributed by atoms with E-state index in [0.29, 0.717) is 16.4 Å². The van der Waals surface area contributed by atoms with Crippen LogP contribution in [-0.2, 0) is 0 Å². The SMILES string of the molecule is N#Cc1cc(-c2cc3cccc(Cl)c3o2)ccc1O. The van der Waals surface area contributed by atoms with E-state index in [1.54, 1.807) is 18.2 Å². The summed E-state index contributed by atoms with van der Waals surface area (Å²) in [6, 6.07) is 14.1. The van der Waals surface area contributed by atoms with Crippen molar-refractivity contribution in [2.75, 3.05) is 0 Å². The summed E-state index contributed by atoms with van der Waals surface area (Å²) in [7, 11) is 0. The molecule has 0 aliphatic rings. The molecule has 0 saturated carbocycles. The maximum absolute atomic E-state index is 9.49. The average Bonchev–Trinajstić information content (AvgIpc) is 2.85. The highest BCUT2D eigenvalue weighted by molar-refractivity contribution is 6.34. The van der Waals surface area contributed by atoms with Crippen molar-refractivity contribution in [2.24, 2.45) is 0 Å². The molecule has 0 radical (unpaired) electrons. The van der Waals surface area contributed by atoms with Crippen LogP contribution < -0.4 is 0 Å². The molecule has 0 aliphatic carbocycles. The average molecular weight is 270 g/mol. The van der Waals surface area contributed by atoms with Crippen LogP contribution in [-0.4, -0.2) is 5.11 Å². The number of aromatic hydroxyl groups is 1. The van der Waals surface area contributed by atoms with Crippen LogP contribution in [0.1, 0.15) is 5.56 Å². The molecule has 3 rings (SSSR count). The third kappa shape index (κ3) is 1.92. The Morgan fingerprint density at radius 2 is 2.00 bits per heavy atom. The van der Waals surface area contributed by atoms with Crippen LogP contribution in [0.25, 0.3) is 22.3 Å². The first kappa shape index (κ1) is 11.6. The van der Waals surface area contributed by atoms with Crippen LogP contribution in [0.4, 0.5) is 0 Å². The summed E-state index contributed by atoms with van der Waals surface area (Å²) in [6.07, 6.45) is 0. The minimum absolute atomic E-state index is 0.0413. The number of hydrogen-bond acceptors (Lipinski definition) is 3. The fourth-order valence-electron chi connectivity index (χ4n) is 1.95. The highest BCUT2D eigenvalue weighted by atomic mass is 35.5. The van der Waals surface area contributed by atoms with Crippen molar-refractivity contribution < 1.29 is 9.52 Å². The van der Waals surface area contributed by atoms with E-state index >= 15 is 0 Å². The van der Waals surface area contributed by atoms with Crippen molar-refractivity contribution in [1.29, 1.82) is 5.26 Å². The zero-order valence-corrected chi connectivity index (χ0v) is 10.5. The number of halogens is 1. The lowest BCUT2D eigenvalue weighted by atomic mass is 10.1. The first-order chi connectivity index (χ1) is 9.19. The molecule has 4 heteroatoms. The van der Waals surface area contributed by atoms with Crippen LogP contribution in [0, 0.1) is 11.3 Å². The summed E-state index contributed by atoms with van der Waals surface area (Å²) in [5.41, 5.74) is 1.55. The smallest absolute Gasteiger partial charge is 0.153 e. The van der Waals surface area contributed by atoms with Crippen molar-refractivity contribution in [3.05, 3.63) is 53.1 Å². The van der Waals surface area contributed by atoms with Gasteiger partial charge in [-0.1, -0.05) is 23.7 Å². The van der Waals surface area contributed by atoms with Gasteiger partial charge in [-0.05, 0) is 30.3 Å². The second-order valence-electron chi connectivity index (χ2n) is 4.11. The van der Waals surface area contributed by atoms with Gasteiger partial charge in [0.15, 0.2) is 5.58 Å². The van der Waals surface area contributed by atoms with E-state index in [9.17, 15) is 5.11 Å². The van der Waals surface area contributed by atoms with Gasteiger partial charge in [-0.2, -0.15) is 5.26 Å². The molecule has 1 aromatic heterocycles. The molecule has 1 N–H and O–H groups in total. The molecule has 92 valence electrons. The van der Waals surface area contributed by atoms with Gasteiger partial charge in [0.2, 0.25) is 0 Å². The van der Waals surface area contributed by atoms with E-state index in [-0.39, 0.29) is 11.3 Å². The van der Waals surface area contributed by atoms with Crippen LogP contribution in [0.5, 0.6) is 5.75 Å². The van der Waals surface area contributed by atoms with Gasteiger partial charge in [0, 0.05) is 10.9 Å². The van der Waals surface area contributed by atoms with Crippen molar-refractivity contribution in [1.82, 2.24) is 0 Å². The number of furan rings is 1. The number of benzene rings is 2. The molecular formula is C15H8ClNO2. The third-order valence-electron chi connectivity index (χ3n) is 2.90. The van der Waals surface area contributed by atoms with Gasteiger partial charge in [-0.3, -0.25) is 0 Å². The van der Waals surface area contributed by atoms with Gasteiger partial charge in [0.25, 0.3) is 0 Å². The number of nitrogens with zero attached hydrogens (tertiary/aromatic N) is 1. The number of phenolic OH excluding ortho intramolecular Hbond substituents is 1. The van der Waals surface area contributed by atoms with Crippen LogP contribution in [0.2, 0.25) is 5.02 Å². The Hall–Kier alpha value is -2.44. The lowest BCUT2D eigenvalue weighted by Crippen LogP contribution is -1.79. The third-order valence-corrected chi connectivity index (χ3v) is 3.20. The molecule has 3 nitrogen and oxygen atoms in total. The first-order valence-electron chi connectivity index (χ1n) is 5.60. The number of para-hydroxylation sites is 1. The Morgan fingerprint density at radius 1 is 1.16 bits per heavy atom. The van der Waals surface area contributed by atoms with Gasteiger partial charge in [0.1, 0.15) is 17.6 Å². The van der Waals surface area contributed by atoms with Crippen LogP contribution in [0.15, 0.2) is 46.9 Å².